The van der Waals surface area contributed by atoms with E-state index in [9.17, 15) is 9.90 Å². The summed E-state index contributed by atoms with van der Waals surface area (Å²) in [6.45, 7) is 7.40. The fraction of sp³-hybridized carbons (Fsp3) is 0.917. The number of nitrogens with zero attached hydrogens (tertiary/aromatic N) is 1. The topological polar surface area (TPSA) is 46.5 Å². The quantitative estimate of drug-likeness (QED) is 0.457. The van der Waals surface area contributed by atoms with E-state index in [1.807, 2.05) is 11.8 Å². The van der Waals surface area contributed by atoms with E-state index in [4.69, 9.17) is 4.74 Å². The van der Waals surface area contributed by atoms with Crippen LogP contribution in [0.2, 0.25) is 0 Å². The van der Waals surface area contributed by atoms with E-state index in [1.165, 1.54) is 38.4 Å². The van der Waals surface area contributed by atoms with Crippen LogP contribution in [0.25, 0.3) is 0 Å². The maximum Gasteiger partial charge on any atom is 0.338 e. The van der Waals surface area contributed by atoms with Gasteiger partial charge in [-0.05, 0) is 13.8 Å². The highest BCUT2D eigenvalue weighted by Crippen LogP contribution is 2.27. The SMILES string of the molecule is CC(C)(O)C(=O)OC1CC[N+]2(CCSCC2)C1.[Cl-]. The van der Waals surface area contributed by atoms with Crippen LogP contribution in [0.5, 0.6) is 0 Å². The number of carbonyl (C=O) groups is 1. The number of ether oxygens (including phenoxy) is 1. The zero-order valence-corrected chi connectivity index (χ0v) is 12.6. The standard InChI is InChI=1S/C12H22NO3S.ClH/c1-12(2,15)11(14)16-10-3-4-13(9-10)5-7-17-8-6-13;/h10,15H,3-9H2,1-2H3;1H/q+1;/p-1. The van der Waals surface area contributed by atoms with Crippen molar-refractivity contribution >= 4 is 17.7 Å². The van der Waals surface area contributed by atoms with E-state index in [-0.39, 0.29) is 18.5 Å². The monoisotopic (exact) mass is 295 g/mol. The van der Waals surface area contributed by atoms with Crippen LogP contribution in [-0.2, 0) is 9.53 Å². The normalized spacial score (nSPS) is 26.7. The van der Waals surface area contributed by atoms with Gasteiger partial charge in [-0.2, -0.15) is 11.8 Å². The largest absolute Gasteiger partial charge is 1.00 e. The molecule has 0 saturated carbocycles. The Morgan fingerprint density at radius 3 is 2.50 bits per heavy atom. The average molecular weight is 296 g/mol. The zero-order chi connectivity index (χ0) is 12.5. The lowest BCUT2D eigenvalue weighted by molar-refractivity contribution is -0.914. The van der Waals surface area contributed by atoms with Gasteiger partial charge >= 0.3 is 5.97 Å². The number of rotatable bonds is 2. The molecule has 2 heterocycles. The highest BCUT2D eigenvalue weighted by Gasteiger charge is 2.42. The predicted octanol–water partition coefficient (Wildman–Crippen LogP) is -2.36. The number of carbonyl (C=O) groups excluding carboxylic acids is 1. The summed E-state index contributed by atoms with van der Waals surface area (Å²) in [7, 11) is 0. The third-order valence-electron chi connectivity index (χ3n) is 3.71. The molecule has 4 nitrogen and oxygen atoms in total. The first kappa shape index (κ1) is 16.1. The van der Waals surface area contributed by atoms with Gasteiger partial charge in [0, 0.05) is 17.9 Å². The summed E-state index contributed by atoms with van der Waals surface area (Å²) in [6.07, 6.45) is 0.934. The summed E-state index contributed by atoms with van der Waals surface area (Å²) in [5, 5.41) is 9.57. The van der Waals surface area contributed by atoms with E-state index in [1.54, 1.807) is 0 Å². The molecule has 6 heteroatoms. The number of aliphatic hydroxyl groups is 1. The molecule has 2 fully saturated rings. The van der Waals surface area contributed by atoms with Crippen molar-refractivity contribution in [1.29, 1.82) is 0 Å². The Hall–Kier alpha value is 0.0300. The Balaban J connectivity index is 0.00000162. The third kappa shape index (κ3) is 3.76. The summed E-state index contributed by atoms with van der Waals surface area (Å²) in [6, 6.07) is 0. The van der Waals surface area contributed by atoms with Crippen molar-refractivity contribution in [2.45, 2.75) is 32.0 Å². The summed E-state index contributed by atoms with van der Waals surface area (Å²) in [5.41, 5.74) is -1.37. The van der Waals surface area contributed by atoms with Gasteiger partial charge in [0.05, 0.1) is 19.6 Å². The van der Waals surface area contributed by atoms with E-state index >= 15 is 0 Å². The molecule has 0 aromatic heterocycles. The minimum Gasteiger partial charge on any atom is -1.00 e. The van der Waals surface area contributed by atoms with Gasteiger partial charge in [-0.3, -0.25) is 0 Å². The molecule has 1 spiro atoms. The number of halogens is 1. The van der Waals surface area contributed by atoms with Gasteiger partial charge in [0.1, 0.15) is 6.54 Å². The van der Waals surface area contributed by atoms with Crippen LogP contribution in [-0.4, -0.2) is 64.9 Å². The number of thioether (sulfide) groups is 1. The Kier molecular flexibility index (Phi) is 5.35. The van der Waals surface area contributed by atoms with Crippen molar-refractivity contribution in [3.05, 3.63) is 0 Å². The molecule has 0 amide bonds. The first-order valence-electron chi connectivity index (χ1n) is 6.28. The summed E-state index contributed by atoms with van der Waals surface area (Å²) >= 11 is 2.01. The molecule has 0 aromatic carbocycles. The number of quaternary nitrogens is 1. The third-order valence-corrected chi connectivity index (χ3v) is 4.65. The minimum absolute atomic E-state index is 0. The van der Waals surface area contributed by atoms with E-state index < -0.39 is 11.6 Å². The fourth-order valence-electron chi connectivity index (χ4n) is 2.56. The smallest absolute Gasteiger partial charge is 0.338 e. The van der Waals surface area contributed by atoms with Gasteiger partial charge in [-0.1, -0.05) is 0 Å². The predicted molar refractivity (Wildman–Crippen MR) is 67.8 cm³/mol. The summed E-state index contributed by atoms with van der Waals surface area (Å²) in [5.74, 6) is 1.94. The van der Waals surface area contributed by atoms with Gasteiger partial charge in [0.2, 0.25) is 0 Å². The molecular formula is C12H22ClNO3S. The van der Waals surface area contributed by atoms with E-state index in [0.717, 1.165) is 24.0 Å². The Morgan fingerprint density at radius 2 is 1.94 bits per heavy atom. The molecule has 0 bridgehead atoms. The van der Waals surface area contributed by atoms with Gasteiger partial charge in [0.15, 0.2) is 11.7 Å². The fourth-order valence-corrected chi connectivity index (χ4v) is 3.80. The molecule has 0 radical (unpaired) electrons. The van der Waals surface area contributed by atoms with Crippen molar-refractivity contribution in [2.75, 3.05) is 37.7 Å². The van der Waals surface area contributed by atoms with E-state index in [2.05, 4.69) is 0 Å². The van der Waals surface area contributed by atoms with Crippen LogP contribution in [0, 0.1) is 0 Å². The highest BCUT2D eigenvalue weighted by molar-refractivity contribution is 7.99. The van der Waals surface area contributed by atoms with Gasteiger partial charge < -0.3 is 26.7 Å². The maximum atomic E-state index is 11.6. The molecule has 1 N–H and O–H groups in total. The first-order chi connectivity index (χ1) is 7.91. The highest BCUT2D eigenvalue weighted by atomic mass is 35.5. The molecule has 0 aromatic rings. The first-order valence-corrected chi connectivity index (χ1v) is 7.43. The Bertz CT molecular complexity index is 300. The summed E-state index contributed by atoms with van der Waals surface area (Å²) in [4.78, 5) is 11.6. The molecule has 1 atom stereocenters. The Morgan fingerprint density at radius 1 is 1.33 bits per heavy atom. The maximum absolute atomic E-state index is 11.6. The van der Waals surface area contributed by atoms with Crippen LogP contribution in [0.15, 0.2) is 0 Å². The van der Waals surface area contributed by atoms with Gasteiger partial charge in [-0.15, -0.1) is 0 Å². The van der Waals surface area contributed by atoms with Crippen LogP contribution in [0.4, 0.5) is 0 Å². The van der Waals surface area contributed by atoms with Crippen LogP contribution in [0.3, 0.4) is 0 Å². The van der Waals surface area contributed by atoms with Crippen molar-refractivity contribution in [1.82, 2.24) is 0 Å². The number of hydrogen-bond donors (Lipinski definition) is 1. The molecule has 18 heavy (non-hydrogen) atoms. The second-order valence-electron chi connectivity index (χ2n) is 5.68. The Labute approximate surface area is 119 Å². The number of hydrogen-bond acceptors (Lipinski definition) is 4. The van der Waals surface area contributed by atoms with Crippen molar-refractivity contribution < 1.29 is 31.5 Å². The second-order valence-corrected chi connectivity index (χ2v) is 6.91. The average Bonchev–Trinajstić information content (AvgIpc) is 2.61. The molecule has 106 valence electrons. The minimum atomic E-state index is -1.37. The molecule has 2 aliphatic heterocycles. The molecule has 0 aliphatic carbocycles. The second kappa shape index (κ2) is 5.99. The molecule has 2 saturated heterocycles. The van der Waals surface area contributed by atoms with Crippen LogP contribution >= 0.6 is 11.8 Å². The van der Waals surface area contributed by atoms with Crippen molar-refractivity contribution in [2.24, 2.45) is 0 Å². The lowest BCUT2D eigenvalue weighted by Gasteiger charge is -2.37. The molecule has 1 unspecified atom stereocenters. The number of esters is 1. The van der Waals surface area contributed by atoms with Crippen molar-refractivity contribution in [3.8, 4) is 0 Å². The molecule has 2 aliphatic rings. The molecule has 2 rings (SSSR count). The zero-order valence-electron chi connectivity index (χ0n) is 11.0. The van der Waals surface area contributed by atoms with Gasteiger partial charge in [-0.25, -0.2) is 4.79 Å². The van der Waals surface area contributed by atoms with Gasteiger partial charge in [0.25, 0.3) is 0 Å². The van der Waals surface area contributed by atoms with Crippen LogP contribution in [0.1, 0.15) is 20.3 Å². The lowest BCUT2D eigenvalue weighted by atomic mass is 10.1. The lowest BCUT2D eigenvalue weighted by Crippen LogP contribution is -3.00. The molecular weight excluding hydrogens is 274 g/mol. The van der Waals surface area contributed by atoms with Crippen LogP contribution < -0.4 is 12.4 Å². The summed E-state index contributed by atoms with van der Waals surface area (Å²) < 4.78 is 6.50. The van der Waals surface area contributed by atoms with Crippen molar-refractivity contribution in [3.63, 3.8) is 0 Å². The van der Waals surface area contributed by atoms with E-state index in [0.29, 0.717) is 0 Å².